The molecule has 37 heavy (non-hydrogen) atoms. The van der Waals surface area contributed by atoms with Gasteiger partial charge in [0, 0.05) is 13.2 Å². The third-order valence-electron chi connectivity index (χ3n) is 8.14. The highest BCUT2D eigenvalue weighted by molar-refractivity contribution is 6.67. The van der Waals surface area contributed by atoms with Crippen LogP contribution in [0.4, 0.5) is 0 Å². The van der Waals surface area contributed by atoms with Crippen LogP contribution in [0, 0.1) is 0 Å². The standard InChI is InChI=1S/C34H72O2Si/c1-5-9-11-13-15-17-18-19-20-21-22-23-24-25-26-28-30-32-34-37(35-7-3,36-8-4)33-31-29-27-16-14-12-10-6-2/h5-34H2,1-4H3. The van der Waals surface area contributed by atoms with Gasteiger partial charge < -0.3 is 8.85 Å². The van der Waals surface area contributed by atoms with Crippen molar-refractivity contribution in [1.82, 2.24) is 0 Å². The Bertz CT molecular complexity index is 409. The first kappa shape index (κ1) is 37.1. The Kier molecular flexibility index (Phi) is 30.8. The van der Waals surface area contributed by atoms with Crippen LogP contribution in [0.1, 0.15) is 195 Å². The highest BCUT2D eigenvalue weighted by atomic mass is 28.4. The third kappa shape index (κ3) is 26.1. The molecule has 0 bridgehead atoms. The Morgan fingerprint density at radius 2 is 0.514 bits per heavy atom. The zero-order valence-electron chi connectivity index (χ0n) is 26.5. The van der Waals surface area contributed by atoms with Gasteiger partial charge in [0.15, 0.2) is 0 Å². The molecule has 0 heterocycles. The van der Waals surface area contributed by atoms with Crippen LogP contribution >= 0.6 is 0 Å². The van der Waals surface area contributed by atoms with Gasteiger partial charge in [-0.3, -0.25) is 0 Å². The molecule has 0 spiro atoms. The molecule has 0 aromatic rings. The molecular weight excluding hydrogens is 468 g/mol. The first-order chi connectivity index (χ1) is 18.2. The monoisotopic (exact) mass is 541 g/mol. The highest BCUT2D eigenvalue weighted by Crippen LogP contribution is 2.26. The largest absolute Gasteiger partial charge is 0.394 e. The van der Waals surface area contributed by atoms with Gasteiger partial charge in [-0.05, 0) is 25.9 Å². The van der Waals surface area contributed by atoms with E-state index < -0.39 is 8.56 Å². The average Bonchev–Trinajstić information content (AvgIpc) is 2.90. The van der Waals surface area contributed by atoms with Crippen molar-refractivity contribution in [1.29, 1.82) is 0 Å². The van der Waals surface area contributed by atoms with E-state index in [2.05, 4.69) is 27.7 Å². The van der Waals surface area contributed by atoms with E-state index in [0.29, 0.717) is 0 Å². The SMILES string of the molecule is CCCCCCCCCCCCCCCCCCCC[Si](CCCCCCCCCC)(OCC)OCC. The van der Waals surface area contributed by atoms with Crippen LogP contribution in [0.2, 0.25) is 12.1 Å². The summed E-state index contributed by atoms with van der Waals surface area (Å²) in [6.45, 7) is 10.6. The highest BCUT2D eigenvalue weighted by Gasteiger charge is 2.35. The average molecular weight is 541 g/mol. The van der Waals surface area contributed by atoms with Gasteiger partial charge in [-0.2, -0.15) is 0 Å². The van der Waals surface area contributed by atoms with Gasteiger partial charge in [-0.1, -0.05) is 181 Å². The van der Waals surface area contributed by atoms with Gasteiger partial charge >= 0.3 is 8.56 Å². The number of unbranched alkanes of at least 4 members (excludes halogenated alkanes) is 24. The molecule has 0 amide bonds. The van der Waals surface area contributed by atoms with Crippen LogP contribution in [0.15, 0.2) is 0 Å². The molecule has 0 N–H and O–H groups in total. The van der Waals surface area contributed by atoms with Crippen molar-refractivity contribution in [2.24, 2.45) is 0 Å². The van der Waals surface area contributed by atoms with Crippen molar-refractivity contribution < 1.29 is 8.85 Å². The van der Waals surface area contributed by atoms with Crippen LogP contribution in [-0.2, 0) is 8.85 Å². The van der Waals surface area contributed by atoms with Crippen LogP contribution in [-0.4, -0.2) is 21.8 Å². The van der Waals surface area contributed by atoms with Crippen molar-refractivity contribution in [3.8, 4) is 0 Å². The molecule has 224 valence electrons. The Balaban J connectivity index is 3.69. The second-order valence-corrected chi connectivity index (χ2v) is 15.2. The Labute approximate surface area is 237 Å². The van der Waals surface area contributed by atoms with E-state index in [1.54, 1.807) is 0 Å². The molecule has 0 unspecified atom stereocenters. The molecule has 0 aromatic heterocycles. The summed E-state index contributed by atoms with van der Waals surface area (Å²) in [6.07, 6.45) is 36.9. The molecule has 0 saturated carbocycles. The summed E-state index contributed by atoms with van der Waals surface area (Å²) >= 11 is 0. The maximum absolute atomic E-state index is 6.38. The molecule has 0 aliphatic rings. The Hall–Kier alpha value is 0.137. The topological polar surface area (TPSA) is 18.5 Å². The second-order valence-electron chi connectivity index (χ2n) is 11.8. The lowest BCUT2D eigenvalue weighted by Crippen LogP contribution is -2.42. The molecule has 3 heteroatoms. The zero-order valence-corrected chi connectivity index (χ0v) is 27.5. The van der Waals surface area contributed by atoms with Gasteiger partial charge in [-0.15, -0.1) is 0 Å². The van der Waals surface area contributed by atoms with Crippen molar-refractivity contribution in [3.05, 3.63) is 0 Å². The molecular formula is C34H72O2Si. The minimum Gasteiger partial charge on any atom is -0.394 e. The summed E-state index contributed by atoms with van der Waals surface area (Å²) < 4.78 is 12.8. The van der Waals surface area contributed by atoms with E-state index in [4.69, 9.17) is 8.85 Å². The summed E-state index contributed by atoms with van der Waals surface area (Å²) in [5.41, 5.74) is 0. The first-order valence-corrected chi connectivity index (χ1v) is 19.8. The summed E-state index contributed by atoms with van der Waals surface area (Å²) in [5.74, 6) is 0. The number of hydrogen-bond donors (Lipinski definition) is 0. The Morgan fingerprint density at radius 3 is 0.730 bits per heavy atom. The quantitative estimate of drug-likeness (QED) is 0.0623. The molecule has 2 nitrogen and oxygen atoms in total. The predicted octanol–water partition coefficient (Wildman–Crippen LogP) is 12.7. The van der Waals surface area contributed by atoms with E-state index in [1.165, 1.54) is 179 Å². The van der Waals surface area contributed by atoms with E-state index >= 15 is 0 Å². The Morgan fingerprint density at radius 1 is 0.297 bits per heavy atom. The lowest BCUT2D eigenvalue weighted by atomic mass is 10.0. The minimum absolute atomic E-state index is 0.822. The van der Waals surface area contributed by atoms with Crippen molar-refractivity contribution in [3.63, 3.8) is 0 Å². The normalized spacial score (nSPS) is 12.0. The van der Waals surface area contributed by atoms with E-state index in [0.717, 1.165) is 13.2 Å². The van der Waals surface area contributed by atoms with E-state index in [1.807, 2.05) is 0 Å². The fourth-order valence-electron chi connectivity index (χ4n) is 5.81. The fraction of sp³-hybridized carbons (Fsp3) is 1.00. The summed E-state index contributed by atoms with van der Waals surface area (Å²) in [4.78, 5) is 0. The lowest BCUT2D eigenvalue weighted by Gasteiger charge is -2.30. The molecule has 0 aliphatic heterocycles. The maximum Gasteiger partial charge on any atom is 0.338 e. The van der Waals surface area contributed by atoms with Crippen LogP contribution in [0.3, 0.4) is 0 Å². The lowest BCUT2D eigenvalue weighted by molar-refractivity contribution is 0.180. The van der Waals surface area contributed by atoms with Crippen LogP contribution in [0.25, 0.3) is 0 Å². The molecule has 0 atom stereocenters. The van der Waals surface area contributed by atoms with Gasteiger partial charge in [0.25, 0.3) is 0 Å². The van der Waals surface area contributed by atoms with Gasteiger partial charge in [0.05, 0.1) is 0 Å². The van der Waals surface area contributed by atoms with Crippen molar-refractivity contribution in [2.75, 3.05) is 13.2 Å². The maximum atomic E-state index is 6.38. The van der Waals surface area contributed by atoms with E-state index in [-0.39, 0.29) is 0 Å². The molecule has 0 aliphatic carbocycles. The minimum atomic E-state index is -1.99. The van der Waals surface area contributed by atoms with Gasteiger partial charge in [0.1, 0.15) is 0 Å². The summed E-state index contributed by atoms with van der Waals surface area (Å²) in [7, 11) is -1.99. The van der Waals surface area contributed by atoms with Crippen molar-refractivity contribution in [2.45, 2.75) is 207 Å². The van der Waals surface area contributed by atoms with Gasteiger partial charge in [0.2, 0.25) is 0 Å². The molecule has 0 radical (unpaired) electrons. The van der Waals surface area contributed by atoms with E-state index in [9.17, 15) is 0 Å². The number of rotatable bonds is 32. The third-order valence-corrected chi connectivity index (χ3v) is 12.0. The van der Waals surface area contributed by atoms with Crippen molar-refractivity contribution >= 4 is 8.56 Å². The van der Waals surface area contributed by atoms with Crippen LogP contribution in [0.5, 0.6) is 0 Å². The molecule has 0 saturated heterocycles. The fourth-order valence-corrected chi connectivity index (χ4v) is 9.35. The second kappa shape index (κ2) is 30.7. The van der Waals surface area contributed by atoms with Crippen LogP contribution < -0.4 is 0 Å². The summed E-state index contributed by atoms with van der Waals surface area (Å²) in [6, 6.07) is 2.42. The summed E-state index contributed by atoms with van der Waals surface area (Å²) in [5, 5.41) is 0. The van der Waals surface area contributed by atoms with Gasteiger partial charge in [-0.25, -0.2) is 0 Å². The molecule has 0 aromatic carbocycles. The smallest absolute Gasteiger partial charge is 0.338 e. The molecule has 0 fully saturated rings. The predicted molar refractivity (Wildman–Crippen MR) is 170 cm³/mol. The first-order valence-electron chi connectivity index (χ1n) is 17.5. The molecule has 0 rings (SSSR count). The number of hydrogen-bond acceptors (Lipinski definition) is 2. The zero-order chi connectivity index (χ0) is 27.1.